The van der Waals surface area contributed by atoms with E-state index in [2.05, 4.69) is 42.5 Å². The van der Waals surface area contributed by atoms with E-state index in [-0.39, 0.29) is 6.10 Å². The Bertz CT molecular complexity index is 527. The highest BCUT2D eigenvalue weighted by atomic mass is 16.3. The van der Waals surface area contributed by atoms with Crippen LogP contribution in [0.2, 0.25) is 0 Å². The van der Waals surface area contributed by atoms with Gasteiger partial charge in [0.15, 0.2) is 0 Å². The standard InChI is InChI=1S/C17H20O/c18-17-12-3-1-2-10-16(17)15-11-6-8-13-7-4-5-9-14(13)15/h4-9,11,16-18H,1-3,10,12H2/t16-,17+/m1/s1. The van der Waals surface area contributed by atoms with Gasteiger partial charge in [-0.1, -0.05) is 61.7 Å². The summed E-state index contributed by atoms with van der Waals surface area (Å²) in [6.07, 6.45) is 5.58. The van der Waals surface area contributed by atoms with Crippen LogP contribution in [0.4, 0.5) is 0 Å². The van der Waals surface area contributed by atoms with Gasteiger partial charge in [-0.05, 0) is 29.2 Å². The minimum absolute atomic E-state index is 0.168. The van der Waals surface area contributed by atoms with Crippen molar-refractivity contribution >= 4 is 10.8 Å². The molecule has 0 aliphatic heterocycles. The van der Waals surface area contributed by atoms with Crippen molar-refractivity contribution in [1.82, 2.24) is 0 Å². The number of aliphatic hydroxyl groups is 1. The Labute approximate surface area is 108 Å². The molecule has 0 bridgehead atoms. The molecule has 0 heterocycles. The predicted molar refractivity (Wildman–Crippen MR) is 75.8 cm³/mol. The first-order valence-electron chi connectivity index (χ1n) is 7.02. The van der Waals surface area contributed by atoms with Crippen molar-refractivity contribution in [2.45, 2.75) is 44.1 Å². The first kappa shape index (κ1) is 11.7. The third-order valence-electron chi connectivity index (χ3n) is 4.20. The summed E-state index contributed by atoms with van der Waals surface area (Å²) in [6.45, 7) is 0. The van der Waals surface area contributed by atoms with Gasteiger partial charge in [-0.15, -0.1) is 0 Å². The number of hydrogen-bond donors (Lipinski definition) is 1. The second-order valence-electron chi connectivity index (χ2n) is 5.38. The van der Waals surface area contributed by atoms with Crippen LogP contribution in [0.3, 0.4) is 0 Å². The maximum Gasteiger partial charge on any atom is 0.0608 e. The highest BCUT2D eigenvalue weighted by Crippen LogP contribution is 2.35. The van der Waals surface area contributed by atoms with Gasteiger partial charge in [0.1, 0.15) is 0 Å². The fraction of sp³-hybridized carbons (Fsp3) is 0.412. The monoisotopic (exact) mass is 240 g/mol. The van der Waals surface area contributed by atoms with Gasteiger partial charge in [0.2, 0.25) is 0 Å². The number of benzene rings is 2. The van der Waals surface area contributed by atoms with E-state index >= 15 is 0 Å². The first-order chi connectivity index (χ1) is 8.86. The van der Waals surface area contributed by atoms with Gasteiger partial charge >= 0.3 is 0 Å². The molecule has 1 aliphatic rings. The van der Waals surface area contributed by atoms with Crippen LogP contribution < -0.4 is 0 Å². The molecule has 1 fully saturated rings. The summed E-state index contributed by atoms with van der Waals surface area (Å²) < 4.78 is 0. The number of aliphatic hydroxyl groups excluding tert-OH is 1. The van der Waals surface area contributed by atoms with E-state index in [1.807, 2.05) is 0 Å². The zero-order valence-electron chi connectivity index (χ0n) is 10.7. The molecule has 1 N–H and O–H groups in total. The third-order valence-corrected chi connectivity index (χ3v) is 4.20. The van der Waals surface area contributed by atoms with Gasteiger partial charge in [-0.3, -0.25) is 0 Å². The zero-order chi connectivity index (χ0) is 12.4. The molecule has 1 heteroatoms. The Morgan fingerprint density at radius 3 is 2.56 bits per heavy atom. The van der Waals surface area contributed by atoms with Crippen LogP contribution in [0.25, 0.3) is 10.8 Å². The molecule has 2 atom stereocenters. The second kappa shape index (κ2) is 5.11. The van der Waals surface area contributed by atoms with Gasteiger partial charge in [-0.25, -0.2) is 0 Å². The van der Waals surface area contributed by atoms with Crippen molar-refractivity contribution in [3.8, 4) is 0 Å². The molecule has 1 saturated carbocycles. The Kier molecular flexibility index (Phi) is 3.33. The molecule has 18 heavy (non-hydrogen) atoms. The SMILES string of the molecule is O[C@H]1CCCCC[C@@H]1c1cccc2ccccc12. The molecule has 0 aromatic heterocycles. The minimum Gasteiger partial charge on any atom is -0.392 e. The normalized spacial score (nSPS) is 24.9. The molecule has 3 rings (SSSR count). The smallest absolute Gasteiger partial charge is 0.0608 e. The highest BCUT2D eigenvalue weighted by molar-refractivity contribution is 5.86. The Balaban J connectivity index is 2.07. The van der Waals surface area contributed by atoms with Gasteiger partial charge in [-0.2, -0.15) is 0 Å². The minimum atomic E-state index is -0.168. The summed E-state index contributed by atoms with van der Waals surface area (Å²) in [4.78, 5) is 0. The molecular formula is C17H20O. The second-order valence-corrected chi connectivity index (χ2v) is 5.38. The van der Waals surface area contributed by atoms with Crippen LogP contribution >= 0.6 is 0 Å². The maximum absolute atomic E-state index is 10.4. The average molecular weight is 240 g/mol. The Morgan fingerprint density at radius 2 is 1.61 bits per heavy atom. The summed E-state index contributed by atoms with van der Waals surface area (Å²) in [6, 6.07) is 15.0. The Morgan fingerprint density at radius 1 is 0.833 bits per heavy atom. The summed E-state index contributed by atoms with van der Waals surface area (Å²) >= 11 is 0. The average Bonchev–Trinajstić information content (AvgIpc) is 2.63. The van der Waals surface area contributed by atoms with Crippen LogP contribution in [0, 0.1) is 0 Å². The van der Waals surface area contributed by atoms with Crippen molar-refractivity contribution < 1.29 is 5.11 Å². The first-order valence-corrected chi connectivity index (χ1v) is 7.02. The predicted octanol–water partition coefficient (Wildman–Crippen LogP) is 4.25. The van der Waals surface area contributed by atoms with Gasteiger partial charge in [0, 0.05) is 5.92 Å². The molecule has 0 amide bonds. The lowest BCUT2D eigenvalue weighted by atomic mass is 9.86. The molecule has 0 saturated heterocycles. The maximum atomic E-state index is 10.4. The topological polar surface area (TPSA) is 20.2 Å². The number of hydrogen-bond acceptors (Lipinski definition) is 1. The molecule has 2 aromatic rings. The molecule has 94 valence electrons. The van der Waals surface area contributed by atoms with E-state index in [0.29, 0.717) is 5.92 Å². The molecule has 0 spiro atoms. The number of rotatable bonds is 1. The lowest BCUT2D eigenvalue weighted by Gasteiger charge is -2.22. The summed E-state index contributed by atoms with van der Waals surface area (Å²) in [5.41, 5.74) is 1.34. The highest BCUT2D eigenvalue weighted by Gasteiger charge is 2.24. The van der Waals surface area contributed by atoms with Crippen molar-refractivity contribution in [2.24, 2.45) is 0 Å². The van der Waals surface area contributed by atoms with Crippen LogP contribution in [0.15, 0.2) is 42.5 Å². The summed E-state index contributed by atoms with van der Waals surface area (Å²) in [5.74, 6) is 0.318. The van der Waals surface area contributed by atoms with Gasteiger partial charge in [0.05, 0.1) is 6.10 Å². The molecule has 1 aliphatic carbocycles. The lowest BCUT2D eigenvalue weighted by Crippen LogP contribution is -2.17. The van der Waals surface area contributed by atoms with E-state index in [1.165, 1.54) is 35.6 Å². The molecule has 0 radical (unpaired) electrons. The van der Waals surface area contributed by atoms with Gasteiger partial charge < -0.3 is 5.11 Å². The zero-order valence-corrected chi connectivity index (χ0v) is 10.7. The summed E-state index contributed by atoms with van der Waals surface area (Å²) in [7, 11) is 0. The van der Waals surface area contributed by atoms with Crippen molar-refractivity contribution in [1.29, 1.82) is 0 Å². The largest absolute Gasteiger partial charge is 0.392 e. The van der Waals surface area contributed by atoms with Crippen LogP contribution in [0.1, 0.15) is 43.6 Å². The molecule has 2 aromatic carbocycles. The molecule has 1 nitrogen and oxygen atoms in total. The summed E-state index contributed by atoms with van der Waals surface area (Å²) in [5, 5.41) is 13.0. The van der Waals surface area contributed by atoms with Crippen molar-refractivity contribution in [2.75, 3.05) is 0 Å². The fourth-order valence-electron chi connectivity index (χ4n) is 3.22. The van der Waals surface area contributed by atoms with Crippen LogP contribution in [0.5, 0.6) is 0 Å². The molecule has 0 unspecified atom stereocenters. The third kappa shape index (κ3) is 2.15. The van der Waals surface area contributed by atoms with E-state index < -0.39 is 0 Å². The van der Waals surface area contributed by atoms with E-state index in [4.69, 9.17) is 0 Å². The molecular weight excluding hydrogens is 220 g/mol. The number of fused-ring (bicyclic) bond motifs is 1. The Hall–Kier alpha value is -1.34. The van der Waals surface area contributed by atoms with E-state index in [1.54, 1.807) is 0 Å². The van der Waals surface area contributed by atoms with Crippen LogP contribution in [-0.4, -0.2) is 11.2 Å². The van der Waals surface area contributed by atoms with Gasteiger partial charge in [0.25, 0.3) is 0 Å². The fourth-order valence-corrected chi connectivity index (χ4v) is 3.22. The van der Waals surface area contributed by atoms with Crippen LogP contribution in [-0.2, 0) is 0 Å². The lowest BCUT2D eigenvalue weighted by molar-refractivity contribution is 0.136. The van der Waals surface area contributed by atoms with Crippen molar-refractivity contribution in [3.05, 3.63) is 48.0 Å². The van der Waals surface area contributed by atoms with E-state index in [9.17, 15) is 5.11 Å². The quantitative estimate of drug-likeness (QED) is 0.739. The van der Waals surface area contributed by atoms with E-state index in [0.717, 1.165) is 12.8 Å². The van der Waals surface area contributed by atoms with Crippen molar-refractivity contribution in [3.63, 3.8) is 0 Å².